The molecule has 24 heavy (non-hydrogen) atoms. The fourth-order valence-corrected chi connectivity index (χ4v) is 3.22. The van der Waals surface area contributed by atoms with Crippen LogP contribution in [-0.4, -0.2) is 50.3 Å². The number of methoxy groups -OCH3 is 2. The van der Waals surface area contributed by atoms with E-state index in [9.17, 15) is 0 Å². The predicted molar refractivity (Wildman–Crippen MR) is 95.9 cm³/mol. The van der Waals surface area contributed by atoms with Gasteiger partial charge in [0.05, 0.1) is 14.2 Å². The third-order valence-electron chi connectivity index (χ3n) is 4.64. The van der Waals surface area contributed by atoms with Crippen LogP contribution in [0, 0.1) is 0 Å². The molecule has 0 unspecified atom stereocenters. The van der Waals surface area contributed by atoms with E-state index in [0.29, 0.717) is 6.04 Å². The van der Waals surface area contributed by atoms with Crippen molar-refractivity contribution < 1.29 is 9.47 Å². The molecule has 5 heteroatoms. The zero-order chi connectivity index (χ0) is 16.9. The third-order valence-corrected chi connectivity index (χ3v) is 4.64. The minimum absolute atomic E-state index is 0.530. The average Bonchev–Trinajstić information content (AvgIpc) is 3.12. The molecule has 0 radical (unpaired) electrons. The molecule has 2 aromatic rings. The van der Waals surface area contributed by atoms with Gasteiger partial charge in [0.25, 0.3) is 0 Å². The molecule has 1 atom stereocenters. The highest BCUT2D eigenvalue weighted by Crippen LogP contribution is 2.31. The van der Waals surface area contributed by atoms with Gasteiger partial charge in [0.15, 0.2) is 0 Å². The first-order chi connectivity index (χ1) is 11.7. The monoisotopic (exact) mass is 327 g/mol. The number of rotatable bonds is 6. The van der Waals surface area contributed by atoms with Crippen LogP contribution in [0.2, 0.25) is 0 Å². The van der Waals surface area contributed by atoms with Crippen molar-refractivity contribution in [1.82, 2.24) is 9.88 Å². The summed E-state index contributed by atoms with van der Waals surface area (Å²) in [5.74, 6) is 1.66. The lowest BCUT2D eigenvalue weighted by Crippen LogP contribution is -2.34. The Labute approximate surface area is 143 Å². The number of aromatic nitrogens is 1. The second-order valence-corrected chi connectivity index (χ2v) is 6.24. The van der Waals surface area contributed by atoms with Crippen LogP contribution in [0.25, 0.3) is 0 Å². The topological polar surface area (TPSA) is 37.8 Å². The fourth-order valence-electron chi connectivity index (χ4n) is 3.22. The third kappa shape index (κ3) is 3.79. The Morgan fingerprint density at radius 1 is 1.21 bits per heavy atom. The number of likely N-dealkylation sites (N-methyl/N-ethyl adjacent to an activating group) is 1. The van der Waals surface area contributed by atoms with Crippen molar-refractivity contribution in [3.8, 4) is 11.5 Å². The Hall–Kier alpha value is -2.27. The summed E-state index contributed by atoms with van der Waals surface area (Å²) in [7, 11) is 5.56. The van der Waals surface area contributed by atoms with Gasteiger partial charge in [-0.15, -0.1) is 0 Å². The average molecular weight is 327 g/mol. The maximum atomic E-state index is 5.39. The summed E-state index contributed by atoms with van der Waals surface area (Å²) in [4.78, 5) is 9.01. The lowest BCUT2D eigenvalue weighted by Gasteiger charge is -2.25. The summed E-state index contributed by atoms with van der Waals surface area (Å²) < 4.78 is 10.8. The minimum Gasteiger partial charge on any atom is -0.497 e. The molecule has 0 spiro atoms. The lowest BCUT2D eigenvalue weighted by molar-refractivity contribution is 0.250. The smallest absolute Gasteiger partial charge is 0.124 e. The lowest BCUT2D eigenvalue weighted by atomic mass is 10.2. The van der Waals surface area contributed by atoms with Crippen molar-refractivity contribution in [2.24, 2.45) is 0 Å². The molecule has 1 saturated heterocycles. The molecule has 1 aliphatic rings. The number of hydrogen-bond donors (Lipinski definition) is 0. The van der Waals surface area contributed by atoms with Gasteiger partial charge < -0.3 is 14.4 Å². The van der Waals surface area contributed by atoms with Crippen LogP contribution >= 0.6 is 0 Å². The van der Waals surface area contributed by atoms with E-state index in [4.69, 9.17) is 9.47 Å². The maximum Gasteiger partial charge on any atom is 0.124 e. The quantitative estimate of drug-likeness (QED) is 0.816. The van der Waals surface area contributed by atoms with Crippen molar-refractivity contribution in [3.05, 3.63) is 48.3 Å². The summed E-state index contributed by atoms with van der Waals surface area (Å²) in [5.41, 5.74) is 2.41. The first-order valence-electron chi connectivity index (χ1n) is 8.26. The highest BCUT2D eigenvalue weighted by molar-refractivity contribution is 5.56. The van der Waals surface area contributed by atoms with E-state index in [2.05, 4.69) is 40.0 Å². The van der Waals surface area contributed by atoms with Crippen molar-refractivity contribution in [2.45, 2.75) is 19.0 Å². The normalized spacial score (nSPS) is 17.3. The zero-order valence-corrected chi connectivity index (χ0v) is 14.6. The van der Waals surface area contributed by atoms with Crippen LogP contribution in [-0.2, 0) is 6.54 Å². The van der Waals surface area contributed by atoms with Crippen molar-refractivity contribution in [1.29, 1.82) is 0 Å². The molecule has 0 saturated carbocycles. The van der Waals surface area contributed by atoms with Gasteiger partial charge in [0.2, 0.25) is 0 Å². The first-order valence-corrected chi connectivity index (χ1v) is 8.26. The molecule has 1 aliphatic heterocycles. The van der Waals surface area contributed by atoms with Crippen LogP contribution in [0.1, 0.15) is 12.0 Å². The van der Waals surface area contributed by atoms with Crippen molar-refractivity contribution >= 4 is 5.69 Å². The van der Waals surface area contributed by atoms with E-state index in [-0.39, 0.29) is 0 Å². The Kier molecular flexibility index (Phi) is 5.20. The molecular formula is C19H25N3O2. The van der Waals surface area contributed by atoms with Gasteiger partial charge in [-0.1, -0.05) is 6.07 Å². The van der Waals surface area contributed by atoms with Crippen LogP contribution in [0.15, 0.2) is 42.7 Å². The molecule has 0 aliphatic carbocycles. The molecule has 2 heterocycles. The summed E-state index contributed by atoms with van der Waals surface area (Å²) >= 11 is 0. The van der Waals surface area contributed by atoms with Crippen LogP contribution in [0.5, 0.6) is 11.5 Å². The molecule has 0 amide bonds. The van der Waals surface area contributed by atoms with Gasteiger partial charge in [-0.3, -0.25) is 9.88 Å². The van der Waals surface area contributed by atoms with E-state index in [0.717, 1.165) is 43.2 Å². The van der Waals surface area contributed by atoms with E-state index in [1.165, 1.54) is 5.56 Å². The minimum atomic E-state index is 0.530. The number of pyridine rings is 1. The van der Waals surface area contributed by atoms with Crippen molar-refractivity contribution in [2.75, 3.05) is 39.3 Å². The molecule has 0 N–H and O–H groups in total. The Morgan fingerprint density at radius 3 is 2.58 bits per heavy atom. The number of anilines is 1. The van der Waals surface area contributed by atoms with Gasteiger partial charge in [-0.2, -0.15) is 0 Å². The van der Waals surface area contributed by atoms with Gasteiger partial charge in [0.1, 0.15) is 11.5 Å². The van der Waals surface area contributed by atoms with Crippen molar-refractivity contribution in [3.63, 3.8) is 0 Å². The van der Waals surface area contributed by atoms with E-state index in [1.54, 1.807) is 14.2 Å². The highest BCUT2D eigenvalue weighted by atomic mass is 16.5. The SMILES string of the molecule is COc1cc(OC)cc(N2CC[C@@H](N(C)Cc3cccnc3)C2)c1. The second kappa shape index (κ2) is 7.53. The highest BCUT2D eigenvalue weighted by Gasteiger charge is 2.26. The van der Waals surface area contributed by atoms with Gasteiger partial charge in [-0.05, 0) is 25.1 Å². The van der Waals surface area contributed by atoms with E-state index in [1.807, 2.05) is 24.5 Å². The molecular weight excluding hydrogens is 302 g/mol. The van der Waals surface area contributed by atoms with Crippen LogP contribution in [0.4, 0.5) is 5.69 Å². The number of ether oxygens (including phenoxy) is 2. The summed E-state index contributed by atoms with van der Waals surface area (Å²) in [6.07, 6.45) is 4.91. The van der Waals surface area contributed by atoms with E-state index < -0.39 is 0 Å². The predicted octanol–water partition coefficient (Wildman–Crippen LogP) is 2.81. The Bertz CT molecular complexity index is 641. The van der Waals surface area contributed by atoms with E-state index >= 15 is 0 Å². The first kappa shape index (κ1) is 16.6. The summed E-state index contributed by atoms with van der Waals surface area (Å²) in [5, 5.41) is 0. The Balaban J connectivity index is 1.66. The maximum absolute atomic E-state index is 5.39. The molecule has 1 aromatic heterocycles. The number of nitrogens with zero attached hydrogens (tertiary/aromatic N) is 3. The van der Waals surface area contributed by atoms with Gasteiger partial charge >= 0.3 is 0 Å². The summed E-state index contributed by atoms with van der Waals surface area (Å²) in [6.45, 7) is 2.97. The molecule has 3 rings (SSSR count). The molecule has 5 nitrogen and oxygen atoms in total. The van der Waals surface area contributed by atoms with Gasteiger partial charge in [0, 0.05) is 62.0 Å². The fraction of sp³-hybridized carbons (Fsp3) is 0.421. The Morgan fingerprint density at radius 2 is 1.96 bits per heavy atom. The molecule has 1 fully saturated rings. The van der Waals surface area contributed by atoms with Gasteiger partial charge in [-0.25, -0.2) is 0 Å². The summed E-state index contributed by atoms with van der Waals surface area (Å²) in [6, 6.07) is 10.7. The molecule has 0 bridgehead atoms. The van der Waals surface area contributed by atoms with Crippen LogP contribution in [0.3, 0.4) is 0 Å². The molecule has 1 aromatic carbocycles. The molecule has 128 valence electrons. The zero-order valence-electron chi connectivity index (χ0n) is 14.6. The largest absolute Gasteiger partial charge is 0.497 e. The second-order valence-electron chi connectivity index (χ2n) is 6.24. The van der Waals surface area contributed by atoms with Crippen LogP contribution < -0.4 is 14.4 Å². The number of benzene rings is 1. The standard InChI is InChI=1S/C19H25N3O2/c1-21(13-15-5-4-7-20-12-15)16-6-8-22(14-16)17-9-18(23-2)11-19(10-17)24-3/h4-5,7,9-12,16H,6,8,13-14H2,1-3H3/t16-/m1/s1. The number of hydrogen-bond acceptors (Lipinski definition) is 5.